The van der Waals surface area contributed by atoms with Crippen molar-refractivity contribution >= 4 is 17.9 Å². The molecule has 1 heterocycles. The normalized spacial score (nSPS) is 20.2. The van der Waals surface area contributed by atoms with E-state index >= 15 is 0 Å². The van der Waals surface area contributed by atoms with E-state index in [1.54, 1.807) is 44.2 Å². The van der Waals surface area contributed by atoms with E-state index in [4.69, 9.17) is 9.47 Å². The highest BCUT2D eigenvalue weighted by molar-refractivity contribution is 6.05. The third-order valence-electron chi connectivity index (χ3n) is 3.29. The number of carbonyl (C=O) groups is 2. The van der Waals surface area contributed by atoms with Gasteiger partial charge in [-0.05, 0) is 13.8 Å². The lowest BCUT2D eigenvalue weighted by molar-refractivity contribution is -0.261. The second-order valence-electron chi connectivity index (χ2n) is 4.44. The highest BCUT2D eigenvalue weighted by Crippen LogP contribution is 2.38. The van der Waals surface area contributed by atoms with Crippen molar-refractivity contribution in [1.29, 1.82) is 0 Å². The monoisotopic (exact) mass is 291 g/mol. The van der Waals surface area contributed by atoms with E-state index in [9.17, 15) is 14.7 Å². The Morgan fingerprint density at radius 2 is 1.95 bits per heavy atom. The molecule has 0 fully saturated rings. The molecule has 1 aromatic rings. The molecule has 1 unspecified atom stereocenters. The summed E-state index contributed by atoms with van der Waals surface area (Å²) in [5, 5.41) is 11.9. The van der Waals surface area contributed by atoms with Gasteiger partial charge in [-0.15, -0.1) is 0 Å². The Morgan fingerprint density at radius 1 is 1.24 bits per heavy atom. The molecule has 2 rings (SSSR count). The number of rotatable bonds is 3. The molecule has 0 N–H and O–H groups in total. The van der Waals surface area contributed by atoms with Crippen LogP contribution in [0.2, 0.25) is 0 Å². The molecule has 112 valence electrons. The summed E-state index contributed by atoms with van der Waals surface area (Å²) >= 11 is 0. The Morgan fingerprint density at radius 3 is 2.57 bits per heavy atom. The molecule has 1 aliphatic heterocycles. The van der Waals surface area contributed by atoms with E-state index in [0.29, 0.717) is 12.1 Å². The van der Waals surface area contributed by atoms with Crippen LogP contribution in [0.5, 0.6) is 0 Å². The number of quaternary nitrogens is 1. The van der Waals surface area contributed by atoms with Crippen LogP contribution in [0.25, 0.3) is 0 Å². The number of nitrogens with zero attached hydrogens (tertiary/aromatic N) is 1. The summed E-state index contributed by atoms with van der Waals surface area (Å²) in [7, 11) is 0. The number of imide groups is 1. The Labute approximate surface area is 122 Å². The summed E-state index contributed by atoms with van der Waals surface area (Å²) in [4.78, 5) is 24.3. The predicted molar refractivity (Wildman–Crippen MR) is 74.1 cm³/mol. The highest BCUT2D eigenvalue weighted by Gasteiger charge is 2.53. The maximum Gasteiger partial charge on any atom is 0.535 e. The van der Waals surface area contributed by atoms with Gasteiger partial charge in [0.2, 0.25) is 0 Å². The number of fused-ring (bicyclic) bond motifs is 1. The molecular formula is C15H17NO5. The first kappa shape index (κ1) is 15.1. The van der Waals surface area contributed by atoms with Crippen LogP contribution in [0, 0.1) is 0 Å². The minimum atomic E-state index is -1.60. The molecule has 1 aromatic carbocycles. The van der Waals surface area contributed by atoms with Crippen LogP contribution < -0.4 is 9.59 Å². The van der Waals surface area contributed by atoms with Gasteiger partial charge in [0.25, 0.3) is 6.09 Å². The fourth-order valence-electron chi connectivity index (χ4n) is 2.44. The number of carboxylic acid groups (broad SMARTS) is 1. The lowest BCUT2D eigenvalue weighted by Gasteiger charge is -2.36. The number of allylic oxidation sites excluding steroid dienone is 1. The summed E-state index contributed by atoms with van der Waals surface area (Å²) in [5.74, 6) is 0.00894. The van der Waals surface area contributed by atoms with Crippen molar-refractivity contribution in [3.05, 3.63) is 41.8 Å². The Balaban J connectivity index is 2.69. The average molecular weight is 291 g/mol. The van der Waals surface area contributed by atoms with E-state index in [0.717, 1.165) is 5.56 Å². The second kappa shape index (κ2) is 5.97. The first-order valence-corrected chi connectivity index (χ1v) is 6.78. The molecular weight excluding hydrogens is 274 g/mol. The van der Waals surface area contributed by atoms with Gasteiger partial charge in [0.1, 0.15) is 0 Å². The fourth-order valence-corrected chi connectivity index (χ4v) is 2.44. The Kier molecular flexibility index (Phi) is 4.28. The molecule has 2 amide bonds. The second-order valence-corrected chi connectivity index (χ2v) is 4.44. The lowest BCUT2D eigenvalue weighted by Crippen LogP contribution is -2.64. The van der Waals surface area contributed by atoms with Gasteiger partial charge in [-0.25, -0.2) is 0 Å². The van der Waals surface area contributed by atoms with Crippen LogP contribution in [0.4, 0.5) is 15.3 Å². The Bertz CT molecular complexity index is 595. The third-order valence-corrected chi connectivity index (χ3v) is 3.29. The van der Waals surface area contributed by atoms with Crippen LogP contribution in [0.1, 0.15) is 19.4 Å². The van der Waals surface area contributed by atoms with Crippen LogP contribution in [-0.2, 0) is 15.9 Å². The predicted octanol–water partition coefficient (Wildman–Crippen LogP) is 1.93. The van der Waals surface area contributed by atoms with Crippen molar-refractivity contribution in [2.45, 2.75) is 20.3 Å². The summed E-state index contributed by atoms with van der Waals surface area (Å²) in [5.41, 5.74) is 1.01. The van der Waals surface area contributed by atoms with Gasteiger partial charge in [0, 0.05) is 24.1 Å². The van der Waals surface area contributed by atoms with Crippen molar-refractivity contribution in [3.8, 4) is 0 Å². The zero-order valence-electron chi connectivity index (χ0n) is 12.0. The van der Waals surface area contributed by atoms with Gasteiger partial charge < -0.3 is 19.4 Å². The first-order chi connectivity index (χ1) is 10.1. The van der Waals surface area contributed by atoms with Crippen LogP contribution in [0.3, 0.4) is 0 Å². The van der Waals surface area contributed by atoms with Crippen LogP contribution in [0.15, 0.2) is 36.2 Å². The SMILES string of the molecule is CCOC(=O)[N+]1(C(=O)[O-])C(OCC)=CCc2ccccc21. The Hall–Kier alpha value is -2.34. The molecule has 21 heavy (non-hydrogen) atoms. The van der Waals surface area contributed by atoms with E-state index in [-0.39, 0.29) is 19.1 Å². The zero-order valence-corrected chi connectivity index (χ0v) is 12.0. The zero-order chi connectivity index (χ0) is 15.5. The maximum absolute atomic E-state index is 12.4. The lowest BCUT2D eigenvalue weighted by atomic mass is 10.0. The molecule has 6 nitrogen and oxygen atoms in total. The number of para-hydroxylation sites is 1. The van der Waals surface area contributed by atoms with E-state index in [2.05, 4.69) is 0 Å². The van der Waals surface area contributed by atoms with Gasteiger partial charge in [-0.1, -0.05) is 22.7 Å². The molecule has 0 saturated carbocycles. The van der Waals surface area contributed by atoms with E-state index in [1.807, 2.05) is 0 Å². The van der Waals surface area contributed by atoms with Gasteiger partial charge in [-0.2, -0.15) is 4.79 Å². The summed E-state index contributed by atoms with van der Waals surface area (Å²) in [6, 6.07) is 6.80. The van der Waals surface area contributed by atoms with Gasteiger partial charge in [0.15, 0.2) is 5.69 Å². The molecule has 0 radical (unpaired) electrons. The molecule has 0 aromatic heterocycles. The number of ether oxygens (including phenoxy) is 2. The number of hydrogen-bond donors (Lipinski definition) is 0. The minimum absolute atomic E-state index is 0.00894. The number of benzene rings is 1. The molecule has 1 atom stereocenters. The standard InChI is InChI=1S/C15H17NO5/c1-3-20-13-10-9-11-7-5-6-8-12(11)16(13,14(17)18)15(19)21-4-2/h5-8,10H,3-4,9H2,1-2H3. The molecule has 6 heteroatoms. The first-order valence-electron chi connectivity index (χ1n) is 6.78. The topological polar surface area (TPSA) is 75.7 Å². The molecule has 0 spiro atoms. The maximum atomic E-state index is 12.4. The average Bonchev–Trinajstić information content (AvgIpc) is 2.47. The van der Waals surface area contributed by atoms with Crippen molar-refractivity contribution in [2.24, 2.45) is 0 Å². The van der Waals surface area contributed by atoms with Crippen molar-refractivity contribution < 1.29 is 24.2 Å². The summed E-state index contributed by atoms with van der Waals surface area (Å²) in [6.45, 7) is 3.63. The number of carbonyl (C=O) groups excluding carboxylic acids is 2. The molecule has 0 bridgehead atoms. The van der Waals surface area contributed by atoms with Crippen molar-refractivity contribution in [1.82, 2.24) is 4.48 Å². The third kappa shape index (κ3) is 2.27. The van der Waals surface area contributed by atoms with Gasteiger partial charge >= 0.3 is 12.0 Å². The number of hydrogen-bond acceptors (Lipinski definition) is 5. The van der Waals surface area contributed by atoms with Crippen LogP contribution >= 0.6 is 0 Å². The van der Waals surface area contributed by atoms with Gasteiger partial charge in [-0.3, -0.25) is 0 Å². The van der Waals surface area contributed by atoms with E-state index in [1.165, 1.54) is 0 Å². The summed E-state index contributed by atoms with van der Waals surface area (Å²) in [6.07, 6.45) is -0.471. The van der Waals surface area contributed by atoms with Crippen molar-refractivity contribution in [3.63, 3.8) is 0 Å². The minimum Gasteiger partial charge on any atom is -0.497 e. The largest absolute Gasteiger partial charge is 0.535 e. The number of amides is 2. The van der Waals surface area contributed by atoms with Gasteiger partial charge in [0.05, 0.1) is 13.2 Å². The van der Waals surface area contributed by atoms with E-state index < -0.39 is 16.7 Å². The highest BCUT2D eigenvalue weighted by atomic mass is 16.6. The molecule has 0 saturated heterocycles. The molecule has 0 aliphatic carbocycles. The van der Waals surface area contributed by atoms with Crippen molar-refractivity contribution in [2.75, 3.05) is 13.2 Å². The quantitative estimate of drug-likeness (QED) is 0.795. The smallest absolute Gasteiger partial charge is 0.497 e. The van der Waals surface area contributed by atoms with Crippen LogP contribution in [-0.4, -0.2) is 25.4 Å². The molecule has 1 aliphatic rings. The summed E-state index contributed by atoms with van der Waals surface area (Å²) < 4.78 is 9.17. The fraction of sp³-hybridized carbons (Fsp3) is 0.333.